The number of hydrogen-bond donors (Lipinski definition) is 1. The van der Waals surface area contributed by atoms with Crippen LogP contribution in [-0.2, 0) is 0 Å². The average Bonchev–Trinajstić information content (AvgIpc) is 2.32. The zero-order valence-electron chi connectivity index (χ0n) is 10.7. The van der Waals surface area contributed by atoms with Gasteiger partial charge < -0.3 is 9.72 Å². The predicted molar refractivity (Wildman–Crippen MR) is 71.0 cm³/mol. The number of aromatic amines is 1. The van der Waals surface area contributed by atoms with Crippen molar-refractivity contribution < 1.29 is 17.9 Å². The minimum Gasteiger partial charge on any atom is -0.406 e. The van der Waals surface area contributed by atoms with E-state index in [0.29, 0.717) is 15.9 Å². The van der Waals surface area contributed by atoms with E-state index in [2.05, 4.69) is 14.7 Å². The fourth-order valence-corrected chi connectivity index (χ4v) is 1.98. The molecule has 0 radical (unpaired) electrons. The Morgan fingerprint density at radius 2 is 1.95 bits per heavy atom. The Kier molecular flexibility index (Phi) is 3.80. The zero-order valence-corrected chi connectivity index (χ0v) is 11.5. The van der Waals surface area contributed by atoms with E-state index >= 15 is 0 Å². The average molecular weight is 300 g/mol. The molecule has 106 valence electrons. The lowest BCUT2D eigenvalue weighted by molar-refractivity contribution is -0.274. The second-order valence-electron chi connectivity index (χ2n) is 4.20. The number of nitrogens with zero attached hydrogens (tertiary/aromatic N) is 1. The third kappa shape index (κ3) is 3.36. The fourth-order valence-electron chi connectivity index (χ4n) is 1.66. The molecule has 0 fully saturated rings. The van der Waals surface area contributed by atoms with Crippen molar-refractivity contribution in [3.8, 4) is 17.0 Å². The van der Waals surface area contributed by atoms with Gasteiger partial charge in [-0.2, -0.15) is 0 Å². The molecule has 0 aliphatic heterocycles. The van der Waals surface area contributed by atoms with Gasteiger partial charge in [0.2, 0.25) is 0 Å². The lowest BCUT2D eigenvalue weighted by atomic mass is 10.1. The number of benzene rings is 1. The summed E-state index contributed by atoms with van der Waals surface area (Å²) in [6.45, 7) is 3.62. The zero-order chi connectivity index (χ0) is 14.9. The molecule has 0 saturated carbocycles. The molecule has 2 aromatic rings. The lowest BCUT2D eigenvalue weighted by Crippen LogP contribution is -2.17. The van der Waals surface area contributed by atoms with Crippen LogP contribution >= 0.6 is 12.2 Å². The highest BCUT2D eigenvalue weighted by Crippen LogP contribution is 2.27. The Morgan fingerprint density at radius 3 is 2.60 bits per heavy atom. The molecule has 1 heterocycles. The molecule has 2 rings (SSSR count). The van der Waals surface area contributed by atoms with E-state index in [1.54, 1.807) is 13.0 Å². The number of rotatable bonds is 2. The van der Waals surface area contributed by atoms with E-state index in [0.717, 1.165) is 11.4 Å². The third-order valence-corrected chi connectivity index (χ3v) is 2.97. The Morgan fingerprint density at radius 1 is 1.25 bits per heavy atom. The Labute approximate surface area is 118 Å². The van der Waals surface area contributed by atoms with Crippen molar-refractivity contribution >= 4 is 12.2 Å². The van der Waals surface area contributed by atoms with Crippen LogP contribution in [0.1, 0.15) is 11.4 Å². The molecular formula is C13H11F3N2OS. The molecule has 1 aromatic carbocycles. The van der Waals surface area contributed by atoms with Gasteiger partial charge >= 0.3 is 6.36 Å². The van der Waals surface area contributed by atoms with Crippen LogP contribution in [0.5, 0.6) is 5.75 Å². The summed E-state index contributed by atoms with van der Waals surface area (Å²) in [7, 11) is 0. The molecular weight excluding hydrogens is 289 g/mol. The minimum atomic E-state index is -4.72. The maximum atomic E-state index is 12.2. The molecule has 1 aromatic heterocycles. The van der Waals surface area contributed by atoms with Gasteiger partial charge in [0, 0.05) is 11.3 Å². The molecule has 0 saturated heterocycles. The van der Waals surface area contributed by atoms with Crippen molar-refractivity contribution in [1.29, 1.82) is 0 Å². The summed E-state index contributed by atoms with van der Waals surface area (Å²) >= 11 is 5.15. The molecule has 20 heavy (non-hydrogen) atoms. The van der Waals surface area contributed by atoms with Crippen LogP contribution in [-0.4, -0.2) is 16.3 Å². The van der Waals surface area contributed by atoms with E-state index in [1.165, 1.54) is 18.2 Å². The highest BCUT2D eigenvalue weighted by Gasteiger charge is 2.31. The second-order valence-corrected chi connectivity index (χ2v) is 4.61. The molecule has 0 amide bonds. The van der Waals surface area contributed by atoms with Crippen molar-refractivity contribution in [2.75, 3.05) is 0 Å². The number of H-pyrrole nitrogens is 1. The smallest absolute Gasteiger partial charge is 0.406 e. The van der Waals surface area contributed by atoms with E-state index in [9.17, 15) is 13.2 Å². The van der Waals surface area contributed by atoms with Gasteiger partial charge in [0.15, 0.2) is 0 Å². The number of ether oxygens (including phenoxy) is 1. The molecule has 0 unspecified atom stereocenters. The van der Waals surface area contributed by atoms with E-state index < -0.39 is 6.36 Å². The molecule has 0 spiro atoms. The molecule has 7 heteroatoms. The van der Waals surface area contributed by atoms with Crippen LogP contribution in [0.4, 0.5) is 13.2 Å². The van der Waals surface area contributed by atoms with Crippen molar-refractivity contribution in [2.45, 2.75) is 20.2 Å². The highest BCUT2D eigenvalue weighted by molar-refractivity contribution is 7.71. The van der Waals surface area contributed by atoms with Crippen LogP contribution in [0.2, 0.25) is 0 Å². The molecule has 0 aliphatic carbocycles. The fraction of sp³-hybridized carbons (Fsp3) is 0.231. The van der Waals surface area contributed by atoms with E-state index in [1.807, 2.05) is 6.92 Å². The van der Waals surface area contributed by atoms with Gasteiger partial charge in [-0.1, -0.05) is 24.4 Å². The number of aromatic nitrogens is 2. The molecule has 0 aliphatic rings. The second kappa shape index (κ2) is 5.24. The Bertz CT molecular complexity index is 695. The molecule has 0 atom stereocenters. The Balaban J connectivity index is 2.46. The van der Waals surface area contributed by atoms with Crippen molar-refractivity contribution in [2.24, 2.45) is 0 Å². The first-order chi connectivity index (χ1) is 9.26. The number of nitrogens with one attached hydrogen (secondary N) is 1. The molecule has 1 N–H and O–H groups in total. The minimum absolute atomic E-state index is 0.301. The summed E-state index contributed by atoms with van der Waals surface area (Å²) in [5.74, 6) is -0.301. The molecule has 3 nitrogen and oxygen atoms in total. The van der Waals surface area contributed by atoms with Gasteiger partial charge in [-0.3, -0.25) is 0 Å². The summed E-state index contributed by atoms with van der Waals surface area (Å²) in [6.07, 6.45) is -4.72. The normalized spacial score (nSPS) is 11.4. The summed E-state index contributed by atoms with van der Waals surface area (Å²) in [5.41, 5.74) is 2.45. The maximum absolute atomic E-state index is 12.2. The van der Waals surface area contributed by atoms with Crippen LogP contribution in [0.25, 0.3) is 11.3 Å². The molecule has 0 bridgehead atoms. The van der Waals surface area contributed by atoms with E-state index in [4.69, 9.17) is 12.2 Å². The first-order valence-electron chi connectivity index (χ1n) is 5.70. The van der Waals surface area contributed by atoms with Crippen LogP contribution in [0.3, 0.4) is 0 Å². The quantitative estimate of drug-likeness (QED) is 0.839. The first kappa shape index (κ1) is 14.5. The highest BCUT2D eigenvalue weighted by atomic mass is 32.1. The summed E-state index contributed by atoms with van der Waals surface area (Å²) in [6, 6.07) is 5.57. The number of alkyl halides is 3. The summed E-state index contributed by atoms with van der Waals surface area (Å²) < 4.78 is 40.9. The first-order valence-corrected chi connectivity index (χ1v) is 6.11. The predicted octanol–water partition coefficient (Wildman–Crippen LogP) is 4.32. The SMILES string of the molecule is Cc1nc(-c2cccc(OC(F)(F)F)c2)c(=S)[nH]c1C. The van der Waals surface area contributed by atoms with Crippen LogP contribution < -0.4 is 4.74 Å². The number of halogens is 3. The lowest BCUT2D eigenvalue weighted by Gasteiger charge is -2.10. The van der Waals surface area contributed by atoms with Gasteiger partial charge in [0.1, 0.15) is 16.1 Å². The van der Waals surface area contributed by atoms with Gasteiger partial charge in [0.05, 0.1) is 5.69 Å². The van der Waals surface area contributed by atoms with Gasteiger partial charge in [0.25, 0.3) is 0 Å². The van der Waals surface area contributed by atoms with Crippen molar-refractivity contribution in [3.63, 3.8) is 0 Å². The topological polar surface area (TPSA) is 37.9 Å². The number of aryl methyl sites for hydroxylation is 2. The largest absolute Gasteiger partial charge is 0.573 e. The monoisotopic (exact) mass is 300 g/mol. The van der Waals surface area contributed by atoms with E-state index in [-0.39, 0.29) is 5.75 Å². The van der Waals surface area contributed by atoms with Gasteiger partial charge in [-0.15, -0.1) is 13.2 Å². The van der Waals surface area contributed by atoms with Gasteiger partial charge in [-0.05, 0) is 26.0 Å². The van der Waals surface area contributed by atoms with Gasteiger partial charge in [-0.25, -0.2) is 4.98 Å². The standard InChI is InChI=1S/C13H11F3N2OS/c1-7-8(2)18-12(20)11(17-7)9-4-3-5-10(6-9)19-13(14,15)16/h3-6H,1-2H3,(H,18,20). The van der Waals surface area contributed by atoms with Crippen LogP contribution in [0, 0.1) is 18.5 Å². The maximum Gasteiger partial charge on any atom is 0.573 e. The number of hydrogen-bond acceptors (Lipinski definition) is 3. The summed E-state index contributed by atoms with van der Waals surface area (Å²) in [5, 5.41) is 0. The summed E-state index contributed by atoms with van der Waals surface area (Å²) in [4.78, 5) is 7.27. The van der Waals surface area contributed by atoms with Crippen LogP contribution in [0.15, 0.2) is 24.3 Å². The van der Waals surface area contributed by atoms with Crippen molar-refractivity contribution in [1.82, 2.24) is 9.97 Å². The Hall–Kier alpha value is -1.89. The third-order valence-electron chi connectivity index (χ3n) is 2.68. The van der Waals surface area contributed by atoms with Crippen molar-refractivity contribution in [3.05, 3.63) is 40.3 Å².